The summed E-state index contributed by atoms with van der Waals surface area (Å²) in [6.07, 6.45) is 7.89. The van der Waals surface area contributed by atoms with E-state index >= 15 is 0 Å². The molecule has 0 spiro atoms. The third-order valence-electron chi connectivity index (χ3n) is 3.29. The van der Waals surface area contributed by atoms with Gasteiger partial charge in [-0.05, 0) is 24.6 Å². The van der Waals surface area contributed by atoms with E-state index in [9.17, 15) is 0 Å². The van der Waals surface area contributed by atoms with Gasteiger partial charge < -0.3 is 5.32 Å². The summed E-state index contributed by atoms with van der Waals surface area (Å²) >= 11 is 0. The van der Waals surface area contributed by atoms with Crippen molar-refractivity contribution >= 4 is 0 Å². The van der Waals surface area contributed by atoms with Gasteiger partial charge in [-0.15, -0.1) is 0 Å². The van der Waals surface area contributed by atoms with Crippen LogP contribution in [0.5, 0.6) is 0 Å². The standard InChI is InChI=1S/C15H22N4/c1-4-12-6-7-14(17-9-12)8-15(16-5-2)13-10-18-19(3)11-13/h6-7,9-11,15-16H,4-5,8H2,1-3H3. The Balaban J connectivity index is 2.11. The van der Waals surface area contributed by atoms with E-state index in [0.29, 0.717) is 0 Å². The lowest BCUT2D eigenvalue weighted by Crippen LogP contribution is -2.23. The Morgan fingerprint density at radius 1 is 1.26 bits per heavy atom. The van der Waals surface area contributed by atoms with Gasteiger partial charge in [0.2, 0.25) is 0 Å². The largest absolute Gasteiger partial charge is 0.310 e. The van der Waals surface area contributed by atoms with Crippen molar-refractivity contribution in [1.29, 1.82) is 0 Å². The summed E-state index contributed by atoms with van der Waals surface area (Å²) in [5.74, 6) is 0. The number of nitrogens with zero attached hydrogens (tertiary/aromatic N) is 3. The van der Waals surface area contributed by atoms with Crippen LogP contribution in [0.15, 0.2) is 30.7 Å². The van der Waals surface area contributed by atoms with Crippen molar-refractivity contribution in [3.8, 4) is 0 Å². The van der Waals surface area contributed by atoms with Crippen molar-refractivity contribution < 1.29 is 0 Å². The predicted octanol–water partition coefficient (Wildman–Crippen LogP) is 2.27. The van der Waals surface area contributed by atoms with Crippen LogP contribution in [0.1, 0.15) is 36.7 Å². The molecule has 0 amide bonds. The van der Waals surface area contributed by atoms with Gasteiger partial charge in [0.05, 0.1) is 6.20 Å². The smallest absolute Gasteiger partial charge is 0.0537 e. The highest BCUT2D eigenvalue weighted by atomic mass is 15.2. The van der Waals surface area contributed by atoms with Gasteiger partial charge in [0, 0.05) is 43.2 Å². The average molecular weight is 258 g/mol. The molecule has 1 N–H and O–H groups in total. The summed E-state index contributed by atoms with van der Waals surface area (Å²) in [7, 11) is 1.95. The number of hydrogen-bond acceptors (Lipinski definition) is 3. The lowest BCUT2D eigenvalue weighted by atomic mass is 10.0. The van der Waals surface area contributed by atoms with E-state index in [1.807, 2.05) is 24.1 Å². The first-order chi connectivity index (χ1) is 9.22. The molecule has 19 heavy (non-hydrogen) atoms. The molecule has 0 saturated heterocycles. The number of aromatic nitrogens is 3. The highest BCUT2D eigenvalue weighted by Crippen LogP contribution is 2.17. The van der Waals surface area contributed by atoms with Gasteiger partial charge in [-0.3, -0.25) is 9.67 Å². The van der Waals surface area contributed by atoms with Crippen LogP contribution in [-0.2, 0) is 19.9 Å². The fourth-order valence-corrected chi connectivity index (χ4v) is 2.17. The maximum Gasteiger partial charge on any atom is 0.0537 e. The molecule has 1 unspecified atom stereocenters. The quantitative estimate of drug-likeness (QED) is 0.864. The van der Waals surface area contributed by atoms with E-state index in [4.69, 9.17) is 0 Å². The Bertz CT molecular complexity index is 501. The summed E-state index contributed by atoms with van der Waals surface area (Å²) in [6, 6.07) is 4.56. The number of aryl methyl sites for hydroxylation is 2. The minimum Gasteiger partial charge on any atom is -0.310 e. The normalized spacial score (nSPS) is 12.6. The first-order valence-corrected chi connectivity index (χ1v) is 6.88. The van der Waals surface area contributed by atoms with Crippen molar-refractivity contribution in [3.05, 3.63) is 47.5 Å². The number of pyridine rings is 1. The third-order valence-corrected chi connectivity index (χ3v) is 3.29. The van der Waals surface area contributed by atoms with E-state index in [1.165, 1.54) is 11.1 Å². The highest BCUT2D eigenvalue weighted by molar-refractivity contribution is 5.18. The summed E-state index contributed by atoms with van der Waals surface area (Å²) in [4.78, 5) is 4.54. The molecule has 0 saturated carbocycles. The molecule has 2 aromatic rings. The molecule has 0 bridgehead atoms. The van der Waals surface area contributed by atoms with Crippen molar-refractivity contribution in [2.75, 3.05) is 6.54 Å². The minimum absolute atomic E-state index is 0.277. The fraction of sp³-hybridized carbons (Fsp3) is 0.467. The van der Waals surface area contributed by atoms with Crippen molar-refractivity contribution in [1.82, 2.24) is 20.1 Å². The lowest BCUT2D eigenvalue weighted by Gasteiger charge is -2.16. The van der Waals surface area contributed by atoms with Crippen LogP contribution in [0.3, 0.4) is 0 Å². The number of hydrogen-bond donors (Lipinski definition) is 1. The molecule has 2 aromatic heterocycles. The van der Waals surface area contributed by atoms with Crippen molar-refractivity contribution in [2.24, 2.45) is 7.05 Å². The second kappa shape index (κ2) is 6.48. The Hall–Kier alpha value is -1.68. The molecule has 0 aromatic carbocycles. The van der Waals surface area contributed by atoms with E-state index in [0.717, 1.165) is 25.1 Å². The molecular formula is C15H22N4. The summed E-state index contributed by atoms with van der Waals surface area (Å²) in [5.41, 5.74) is 3.61. The highest BCUT2D eigenvalue weighted by Gasteiger charge is 2.13. The Labute approximate surface area is 114 Å². The second-order valence-corrected chi connectivity index (χ2v) is 4.77. The molecule has 4 nitrogen and oxygen atoms in total. The van der Waals surface area contributed by atoms with Crippen molar-refractivity contribution in [2.45, 2.75) is 32.7 Å². The average Bonchev–Trinajstić information content (AvgIpc) is 2.86. The first-order valence-electron chi connectivity index (χ1n) is 6.88. The number of nitrogens with one attached hydrogen (secondary N) is 1. The van der Waals surface area contributed by atoms with E-state index in [1.54, 1.807) is 0 Å². The summed E-state index contributed by atoms with van der Waals surface area (Å²) in [6.45, 7) is 5.21. The molecule has 0 aliphatic rings. The molecule has 102 valence electrons. The fourth-order valence-electron chi connectivity index (χ4n) is 2.17. The van der Waals surface area contributed by atoms with Gasteiger partial charge in [0.1, 0.15) is 0 Å². The molecular weight excluding hydrogens is 236 g/mol. The van der Waals surface area contributed by atoms with E-state index in [2.05, 4.69) is 47.6 Å². The topological polar surface area (TPSA) is 42.7 Å². The van der Waals surface area contributed by atoms with E-state index in [-0.39, 0.29) is 6.04 Å². The van der Waals surface area contributed by atoms with Crippen LogP contribution < -0.4 is 5.32 Å². The van der Waals surface area contributed by atoms with Crippen LogP contribution in [-0.4, -0.2) is 21.3 Å². The predicted molar refractivity (Wildman–Crippen MR) is 76.9 cm³/mol. The number of likely N-dealkylation sites (N-methyl/N-ethyl adjacent to an activating group) is 1. The molecule has 0 fully saturated rings. The van der Waals surface area contributed by atoms with Crippen LogP contribution in [0.25, 0.3) is 0 Å². The monoisotopic (exact) mass is 258 g/mol. The van der Waals surface area contributed by atoms with Gasteiger partial charge in [0.25, 0.3) is 0 Å². The van der Waals surface area contributed by atoms with Crippen LogP contribution in [0.4, 0.5) is 0 Å². The Kier molecular flexibility index (Phi) is 4.68. The number of rotatable bonds is 6. The van der Waals surface area contributed by atoms with Crippen molar-refractivity contribution in [3.63, 3.8) is 0 Å². The SMILES string of the molecule is CCNC(Cc1ccc(CC)cn1)c1cnn(C)c1. The molecule has 0 aliphatic carbocycles. The Morgan fingerprint density at radius 3 is 2.63 bits per heavy atom. The van der Waals surface area contributed by atoms with Gasteiger partial charge in [-0.2, -0.15) is 5.10 Å². The molecule has 2 heterocycles. The molecule has 1 atom stereocenters. The van der Waals surface area contributed by atoms with Crippen LogP contribution in [0.2, 0.25) is 0 Å². The lowest BCUT2D eigenvalue weighted by molar-refractivity contribution is 0.543. The second-order valence-electron chi connectivity index (χ2n) is 4.77. The molecule has 0 radical (unpaired) electrons. The van der Waals surface area contributed by atoms with Gasteiger partial charge in [-0.25, -0.2) is 0 Å². The molecule has 0 aliphatic heterocycles. The first kappa shape index (κ1) is 13.7. The zero-order valence-corrected chi connectivity index (χ0v) is 11.9. The third kappa shape index (κ3) is 3.64. The molecule has 2 rings (SSSR count). The van der Waals surface area contributed by atoms with Gasteiger partial charge >= 0.3 is 0 Å². The van der Waals surface area contributed by atoms with Crippen LogP contribution >= 0.6 is 0 Å². The maximum atomic E-state index is 4.54. The minimum atomic E-state index is 0.277. The zero-order chi connectivity index (χ0) is 13.7. The van der Waals surface area contributed by atoms with E-state index < -0.39 is 0 Å². The maximum absolute atomic E-state index is 4.54. The summed E-state index contributed by atoms with van der Waals surface area (Å²) in [5, 5.41) is 7.74. The van der Waals surface area contributed by atoms with Gasteiger partial charge in [0.15, 0.2) is 0 Å². The zero-order valence-electron chi connectivity index (χ0n) is 11.9. The Morgan fingerprint density at radius 2 is 2.11 bits per heavy atom. The van der Waals surface area contributed by atoms with Crippen LogP contribution in [0, 0.1) is 0 Å². The molecule has 4 heteroatoms. The summed E-state index contributed by atoms with van der Waals surface area (Å²) < 4.78 is 1.84. The van der Waals surface area contributed by atoms with Gasteiger partial charge in [-0.1, -0.05) is 19.9 Å².